The highest BCUT2D eigenvalue weighted by Gasteiger charge is 2.26. The number of carbonyl (C=O) groups excluding carboxylic acids is 1. The van der Waals surface area contributed by atoms with Crippen LogP contribution in [0.15, 0.2) is 18.2 Å². The number of benzene rings is 1. The summed E-state index contributed by atoms with van der Waals surface area (Å²) in [4.78, 5) is 14.2. The van der Waals surface area contributed by atoms with Crippen LogP contribution in [0.3, 0.4) is 0 Å². The van der Waals surface area contributed by atoms with Gasteiger partial charge < -0.3 is 15.1 Å². The Morgan fingerprint density at radius 2 is 1.84 bits per heavy atom. The molecule has 19 heavy (non-hydrogen) atoms. The van der Waals surface area contributed by atoms with Gasteiger partial charge in [0.25, 0.3) is 5.91 Å². The Balaban J connectivity index is 2.15. The van der Waals surface area contributed by atoms with Crippen molar-refractivity contribution in [3.8, 4) is 11.5 Å². The Kier molecular flexibility index (Phi) is 3.94. The largest absolute Gasteiger partial charge is 0.508 e. The van der Waals surface area contributed by atoms with Gasteiger partial charge in [-0.15, -0.1) is 0 Å². The zero-order valence-corrected chi connectivity index (χ0v) is 12.0. The second-order valence-corrected chi connectivity index (χ2v) is 7.19. The summed E-state index contributed by atoms with van der Waals surface area (Å²) < 4.78 is 0.190. The lowest BCUT2D eigenvalue weighted by Crippen LogP contribution is -2.33. The van der Waals surface area contributed by atoms with Crippen LogP contribution in [-0.2, 0) is 0 Å². The fourth-order valence-electron chi connectivity index (χ4n) is 2.12. The molecule has 2 N–H and O–H groups in total. The van der Waals surface area contributed by atoms with E-state index in [1.54, 1.807) is 4.90 Å². The quantitative estimate of drug-likeness (QED) is 0.830. The molecule has 0 bridgehead atoms. The molecule has 0 radical (unpaired) electrons. The van der Waals surface area contributed by atoms with Crippen LogP contribution in [-0.4, -0.2) is 44.6 Å². The van der Waals surface area contributed by atoms with E-state index in [0.29, 0.717) is 18.7 Å². The van der Waals surface area contributed by atoms with Gasteiger partial charge in [0, 0.05) is 35.2 Å². The predicted octanol–water partition coefficient (Wildman–Crippen LogP) is 2.46. The summed E-state index contributed by atoms with van der Waals surface area (Å²) in [5, 5.41) is 18.9. The first-order valence-electron chi connectivity index (χ1n) is 6.34. The van der Waals surface area contributed by atoms with Crippen molar-refractivity contribution in [2.75, 3.05) is 18.8 Å². The van der Waals surface area contributed by atoms with Gasteiger partial charge in [-0.1, -0.05) is 13.8 Å². The third-order valence-electron chi connectivity index (χ3n) is 3.27. The molecule has 1 aliphatic heterocycles. The van der Waals surface area contributed by atoms with Crippen molar-refractivity contribution in [2.24, 2.45) is 0 Å². The zero-order valence-electron chi connectivity index (χ0n) is 11.2. The van der Waals surface area contributed by atoms with Gasteiger partial charge in [-0.2, -0.15) is 11.8 Å². The van der Waals surface area contributed by atoms with E-state index in [1.165, 1.54) is 18.2 Å². The Bertz CT molecular complexity index is 467. The lowest BCUT2D eigenvalue weighted by atomic mass is 10.1. The molecule has 1 fully saturated rings. The molecule has 104 valence electrons. The van der Waals surface area contributed by atoms with Crippen LogP contribution in [0.2, 0.25) is 0 Å². The summed E-state index contributed by atoms with van der Waals surface area (Å²) in [7, 11) is 0. The monoisotopic (exact) mass is 281 g/mol. The molecule has 1 aromatic carbocycles. The molecule has 0 saturated carbocycles. The average Bonchev–Trinajstić information content (AvgIpc) is 2.48. The molecular weight excluding hydrogens is 262 g/mol. The van der Waals surface area contributed by atoms with E-state index in [9.17, 15) is 15.0 Å². The summed E-state index contributed by atoms with van der Waals surface area (Å²) in [5.74, 6) is 0.592. The number of hydrogen-bond donors (Lipinski definition) is 2. The lowest BCUT2D eigenvalue weighted by molar-refractivity contribution is 0.0763. The fourth-order valence-corrected chi connectivity index (χ4v) is 3.22. The van der Waals surface area contributed by atoms with Crippen LogP contribution < -0.4 is 0 Å². The minimum Gasteiger partial charge on any atom is -0.508 e. The number of carbonyl (C=O) groups is 1. The minimum atomic E-state index is -0.135. The van der Waals surface area contributed by atoms with Crippen LogP contribution in [0.1, 0.15) is 30.6 Å². The third kappa shape index (κ3) is 3.56. The van der Waals surface area contributed by atoms with Gasteiger partial charge in [-0.05, 0) is 18.6 Å². The van der Waals surface area contributed by atoms with Gasteiger partial charge in [0.2, 0.25) is 0 Å². The maximum atomic E-state index is 12.4. The summed E-state index contributed by atoms with van der Waals surface area (Å²) >= 11 is 1.87. The number of phenols is 2. The van der Waals surface area contributed by atoms with E-state index in [1.807, 2.05) is 11.8 Å². The molecule has 5 heteroatoms. The van der Waals surface area contributed by atoms with E-state index in [-0.39, 0.29) is 22.2 Å². The Labute approximate surface area is 117 Å². The molecular formula is C14H19NO3S. The molecule has 0 atom stereocenters. The van der Waals surface area contributed by atoms with E-state index >= 15 is 0 Å². The first-order valence-corrected chi connectivity index (χ1v) is 7.32. The predicted molar refractivity (Wildman–Crippen MR) is 76.8 cm³/mol. The van der Waals surface area contributed by atoms with E-state index in [4.69, 9.17) is 0 Å². The minimum absolute atomic E-state index is 0.0899. The van der Waals surface area contributed by atoms with Gasteiger partial charge in [-0.3, -0.25) is 4.79 Å². The molecule has 1 saturated heterocycles. The first kappa shape index (κ1) is 14.1. The first-order chi connectivity index (χ1) is 8.87. The molecule has 0 aromatic heterocycles. The number of phenolic OH excluding ortho intramolecular Hbond substituents is 2. The lowest BCUT2D eigenvalue weighted by Gasteiger charge is -2.22. The van der Waals surface area contributed by atoms with Crippen molar-refractivity contribution < 1.29 is 15.0 Å². The molecule has 1 amide bonds. The molecule has 1 heterocycles. The van der Waals surface area contributed by atoms with Crippen LogP contribution in [0, 0.1) is 0 Å². The van der Waals surface area contributed by atoms with Crippen molar-refractivity contribution in [3.05, 3.63) is 23.8 Å². The molecule has 0 spiro atoms. The van der Waals surface area contributed by atoms with E-state index < -0.39 is 0 Å². The number of hydrogen-bond acceptors (Lipinski definition) is 4. The molecule has 2 rings (SSSR count). The number of nitrogens with zero attached hydrogens (tertiary/aromatic N) is 1. The van der Waals surface area contributed by atoms with Crippen molar-refractivity contribution in [1.82, 2.24) is 4.90 Å². The van der Waals surface area contributed by atoms with E-state index in [0.717, 1.165) is 12.2 Å². The van der Waals surface area contributed by atoms with Crippen LogP contribution in [0.4, 0.5) is 0 Å². The SMILES string of the molecule is CC1(C)CCN(C(=O)c2cc(O)cc(O)c2)CCS1. The fraction of sp³-hybridized carbons (Fsp3) is 0.500. The second-order valence-electron chi connectivity index (χ2n) is 5.39. The molecule has 4 nitrogen and oxygen atoms in total. The summed E-state index contributed by atoms with van der Waals surface area (Å²) in [6, 6.07) is 4.01. The van der Waals surface area contributed by atoms with Crippen molar-refractivity contribution >= 4 is 17.7 Å². The Hall–Kier alpha value is -1.36. The number of aromatic hydroxyl groups is 2. The number of amides is 1. The highest BCUT2D eigenvalue weighted by molar-refractivity contribution is 8.00. The maximum Gasteiger partial charge on any atom is 0.254 e. The smallest absolute Gasteiger partial charge is 0.254 e. The van der Waals surface area contributed by atoms with E-state index in [2.05, 4.69) is 13.8 Å². The van der Waals surface area contributed by atoms with Gasteiger partial charge in [0.1, 0.15) is 11.5 Å². The van der Waals surface area contributed by atoms with Crippen molar-refractivity contribution in [2.45, 2.75) is 25.0 Å². The van der Waals surface area contributed by atoms with Gasteiger partial charge >= 0.3 is 0 Å². The topological polar surface area (TPSA) is 60.8 Å². The highest BCUT2D eigenvalue weighted by atomic mass is 32.2. The molecule has 0 unspecified atom stereocenters. The second kappa shape index (κ2) is 5.33. The van der Waals surface area contributed by atoms with Gasteiger partial charge in [0.05, 0.1) is 0 Å². The average molecular weight is 281 g/mol. The number of rotatable bonds is 1. The summed E-state index contributed by atoms with van der Waals surface area (Å²) in [6.45, 7) is 5.77. The standard InChI is InChI=1S/C14H19NO3S/c1-14(2)3-4-15(5-6-19-14)13(18)10-7-11(16)9-12(17)8-10/h7-9,16-17H,3-6H2,1-2H3. The summed E-state index contributed by atoms with van der Waals surface area (Å²) in [5.41, 5.74) is 0.335. The highest BCUT2D eigenvalue weighted by Crippen LogP contribution is 2.31. The van der Waals surface area contributed by atoms with Crippen LogP contribution in [0.25, 0.3) is 0 Å². The van der Waals surface area contributed by atoms with Gasteiger partial charge in [-0.25, -0.2) is 0 Å². The normalized spacial score (nSPS) is 18.9. The Morgan fingerprint density at radius 1 is 1.21 bits per heavy atom. The van der Waals surface area contributed by atoms with Crippen molar-refractivity contribution in [3.63, 3.8) is 0 Å². The molecule has 0 aliphatic carbocycles. The van der Waals surface area contributed by atoms with Crippen molar-refractivity contribution in [1.29, 1.82) is 0 Å². The Morgan fingerprint density at radius 3 is 2.47 bits per heavy atom. The van der Waals surface area contributed by atoms with Crippen LogP contribution >= 0.6 is 11.8 Å². The third-order valence-corrected chi connectivity index (χ3v) is 4.65. The van der Waals surface area contributed by atoms with Gasteiger partial charge in [0.15, 0.2) is 0 Å². The zero-order chi connectivity index (χ0) is 14.0. The molecule has 1 aliphatic rings. The number of thioether (sulfide) groups is 1. The molecule has 1 aromatic rings. The van der Waals surface area contributed by atoms with Crippen LogP contribution in [0.5, 0.6) is 11.5 Å². The maximum absolute atomic E-state index is 12.4. The summed E-state index contributed by atoms with van der Waals surface area (Å²) in [6.07, 6.45) is 0.939.